The molecule has 2 amide bonds. The number of anilines is 1. The summed E-state index contributed by atoms with van der Waals surface area (Å²) in [7, 11) is 0. The average Bonchev–Trinajstić information content (AvgIpc) is 2.71. The highest BCUT2D eigenvalue weighted by Crippen LogP contribution is 2.15. The van der Waals surface area contributed by atoms with Crippen LogP contribution in [0.25, 0.3) is 0 Å². The average molecular weight is 392 g/mol. The van der Waals surface area contributed by atoms with Gasteiger partial charge >= 0.3 is 5.69 Å². The van der Waals surface area contributed by atoms with Gasteiger partial charge in [-0.1, -0.05) is 42.5 Å². The number of hydrogen-bond acceptors (Lipinski definition) is 4. The van der Waals surface area contributed by atoms with Crippen molar-refractivity contribution in [1.82, 2.24) is 14.9 Å². The second-order valence-electron chi connectivity index (χ2n) is 6.32. The van der Waals surface area contributed by atoms with Gasteiger partial charge in [-0.25, -0.2) is 4.79 Å². The van der Waals surface area contributed by atoms with Crippen LogP contribution in [0.2, 0.25) is 0 Å². The SMILES string of the molecule is O=C(Cn1ccc(=O)[nH]c1=O)Nc1ccccc1C(=O)NCCc1ccccc1. The molecule has 0 atom stereocenters. The lowest BCUT2D eigenvalue weighted by molar-refractivity contribution is -0.116. The molecule has 8 nitrogen and oxygen atoms in total. The Kier molecular flexibility index (Phi) is 6.36. The van der Waals surface area contributed by atoms with Gasteiger partial charge in [-0.3, -0.25) is 23.9 Å². The number of aromatic amines is 1. The second-order valence-corrected chi connectivity index (χ2v) is 6.32. The molecule has 148 valence electrons. The summed E-state index contributed by atoms with van der Waals surface area (Å²) in [6, 6.07) is 17.6. The van der Waals surface area contributed by atoms with Crippen molar-refractivity contribution in [2.75, 3.05) is 11.9 Å². The first-order chi connectivity index (χ1) is 14.0. The van der Waals surface area contributed by atoms with E-state index in [1.54, 1.807) is 24.3 Å². The maximum Gasteiger partial charge on any atom is 0.328 e. The number of carbonyl (C=O) groups excluding carboxylic acids is 2. The quantitative estimate of drug-likeness (QED) is 0.560. The topological polar surface area (TPSA) is 113 Å². The largest absolute Gasteiger partial charge is 0.352 e. The molecule has 0 aliphatic rings. The summed E-state index contributed by atoms with van der Waals surface area (Å²) in [5.41, 5.74) is 0.555. The van der Waals surface area contributed by atoms with Crippen LogP contribution in [-0.4, -0.2) is 27.9 Å². The van der Waals surface area contributed by atoms with Crippen LogP contribution >= 0.6 is 0 Å². The van der Waals surface area contributed by atoms with E-state index >= 15 is 0 Å². The zero-order valence-corrected chi connectivity index (χ0v) is 15.6. The predicted octanol–water partition coefficient (Wildman–Crippen LogP) is 1.15. The Morgan fingerprint density at radius 1 is 0.931 bits per heavy atom. The van der Waals surface area contributed by atoms with Crippen molar-refractivity contribution in [1.29, 1.82) is 0 Å². The van der Waals surface area contributed by atoms with Crippen molar-refractivity contribution in [2.24, 2.45) is 0 Å². The fourth-order valence-electron chi connectivity index (χ4n) is 2.76. The maximum absolute atomic E-state index is 12.5. The number of amides is 2. The Labute approximate surface area is 166 Å². The number of aromatic nitrogens is 2. The predicted molar refractivity (Wildman–Crippen MR) is 109 cm³/mol. The zero-order valence-electron chi connectivity index (χ0n) is 15.6. The summed E-state index contributed by atoms with van der Waals surface area (Å²) in [4.78, 5) is 49.7. The van der Waals surface area contributed by atoms with Crippen molar-refractivity contribution in [3.8, 4) is 0 Å². The van der Waals surface area contributed by atoms with Crippen LogP contribution in [0.1, 0.15) is 15.9 Å². The van der Waals surface area contributed by atoms with Gasteiger partial charge in [0, 0.05) is 18.8 Å². The van der Waals surface area contributed by atoms with Gasteiger partial charge in [-0.15, -0.1) is 0 Å². The third-order valence-electron chi connectivity index (χ3n) is 4.20. The first-order valence-electron chi connectivity index (χ1n) is 9.04. The minimum atomic E-state index is -0.681. The van der Waals surface area contributed by atoms with E-state index in [-0.39, 0.29) is 12.5 Å². The zero-order chi connectivity index (χ0) is 20.6. The molecule has 0 saturated heterocycles. The third-order valence-corrected chi connectivity index (χ3v) is 4.20. The molecule has 0 radical (unpaired) electrons. The van der Waals surface area contributed by atoms with Crippen molar-refractivity contribution >= 4 is 17.5 Å². The highest BCUT2D eigenvalue weighted by Gasteiger charge is 2.13. The molecular formula is C21H20N4O4. The molecule has 3 aromatic rings. The van der Waals surface area contributed by atoms with Crippen LogP contribution in [0, 0.1) is 0 Å². The molecule has 0 saturated carbocycles. The Hall–Kier alpha value is -3.94. The lowest BCUT2D eigenvalue weighted by Gasteiger charge is -2.12. The molecule has 0 unspecified atom stereocenters. The lowest BCUT2D eigenvalue weighted by atomic mass is 10.1. The molecule has 0 spiro atoms. The number of carbonyl (C=O) groups is 2. The first-order valence-corrected chi connectivity index (χ1v) is 9.04. The van der Waals surface area contributed by atoms with E-state index in [2.05, 4.69) is 15.6 Å². The standard InChI is InChI=1S/C21H20N4O4/c26-18-11-13-25(21(29)24-18)14-19(27)23-17-9-5-4-8-16(17)20(28)22-12-10-15-6-2-1-3-7-15/h1-9,11,13H,10,12,14H2,(H,22,28)(H,23,27)(H,24,26,29). The Morgan fingerprint density at radius 3 is 2.41 bits per heavy atom. The smallest absolute Gasteiger partial charge is 0.328 e. The van der Waals surface area contributed by atoms with Crippen LogP contribution in [0.5, 0.6) is 0 Å². The van der Waals surface area contributed by atoms with Gasteiger partial charge < -0.3 is 10.6 Å². The van der Waals surface area contributed by atoms with Gasteiger partial charge in [0.25, 0.3) is 11.5 Å². The number of nitrogens with one attached hydrogen (secondary N) is 3. The Balaban J connectivity index is 1.63. The van der Waals surface area contributed by atoms with E-state index in [4.69, 9.17) is 0 Å². The van der Waals surface area contributed by atoms with Crippen molar-refractivity contribution in [2.45, 2.75) is 13.0 Å². The molecule has 2 aromatic carbocycles. The number of nitrogens with zero attached hydrogens (tertiary/aromatic N) is 1. The molecule has 0 aliphatic heterocycles. The summed E-state index contributed by atoms with van der Waals surface area (Å²) < 4.78 is 1.07. The molecule has 3 rings (SSSR count). The van der Waals surface area contributed by atoms with Crippen LogP contribution in [0.15, 0.2) is 76.4 Å². The maximum atomic E-state index is 12.5. The monoisotopic (exact) mass is 392 g/mol. The van der Waals surface area contributed by atoms with Crippen LogP contribution in [-0.2, 0) is 17.8 Å². The fourth-order valence-corrected chi connectivity index (χ4v) is 2.76. The van der Waals surface area contributed by atoms with Gasteiger partial charge in [0.05, 0.1) is 11.3 Å². The second kappa shape index (κ2) is 9.32. The molecule has 29 heavy (non-hydrogen) atoms. The summed E-state index contributed by atoms with van der Waals surface area (Å²) in [5, 5.41) is 5.48. The number of benzene rings is 2. The summed E-state index contributed by atoms with van der Waals surface area (Å²) >= 11 is 0. The molecule has 3 N–H and O–H groups in total. The van der Waals surface area contributed by atoms with E-state index in [9.17, 15) is 19.2 Å². The van der Waals surface area contributed by atoms with Crippen molar-refractivity contribution < 1.29 is 9.59 Å². The number of hydrogen-bond donors (Lipinski definition) is 3. The highest BCUT2D eigenvalue weighted by molar-refractivity contribution is 6.03. The molecule has 8 heteroatoms. The molecule has 1 heterocycles. The van der Waals surface area contributed by atoms with Gasteiger partial charge in [0.1, 0.15) is 6.54 Å². The van der Waals surface area contributed by atoms with Gasteiger partial charge in [-0.05, 0) is 24.1 Å². The van der Waals surface area contributed by atoms with Crippen LogP contribution in [0.4, 0.5) is 5.69 Å². The minimum absolute atomic E-state index is 0.292. The summed E-state index contributed by atoms with van der Waals surface area (Å²) in [5.74, 6) is -0.804. The van der Waals surface area contributed by atoms with E-state index in [1.807, 2.05) is 30.3 Å². The number of H-pyrrole nitrogens is 1. The highest BCUT2D eigenvalue weighted by atomic mass is 16.2. The van der Waals surface area contributed by atoms with Gasteiger partial charge in [0.15, 0.2) is 0 Å². The molecule has 0 fully saturated rings. The Morgan fingerprint density at radius 2 is 1.66 bits per heavy atom. The van der Waals surface area contributed by atoms with Crippen molar-refractivity contribution in [3.05, 3.63) is 98.8 Å². The van der Waals surface area contributed by atoms with Crippen molar-refractivity contribution in [3.63, 3.8) is 0 Å². The van der Waals surface area contributed by atoms with Gasteiger partial charge in [0.2, 0.25) is 5.91 Å². The van der Waals surface area contributed by atoms with E-state index in [1.165, 1.54) is 6.20 Å². The fraction of sp³-hybridized carbons (Fsp3) is 0.143. The first kappa shape index (κ1) is 19.8. The molecule has 0 aliphatic carbocycles. The van der Waals surface area contributed by atoms with E-state index < -0.39 is 17.2 Å². The van der Waals surface area contributed by atoms with E-state index in [0.29, 0.717) is 24.2 Å². The number of rotatable bonds is 7. The normalized spacial score (nSPS) is 10.3. The third kappa shape index (κ3) is 5.52. The lowest BCUT2D eigenvalue weighted by Crippen LogP contribution is -2.33. The van der Waals surface area contributed by atoms with Gasteiger partial charge in [-0.2, -0.15) is 0 Å². The molecule has 1 aromatic heterocycles. The molecule has 0 bridgehead atoms. The van der Waals surface area contributed by atoms with E-state index in [0.717, 1.165) is 16.2 Å². The van der Waals surface area contributed by atoms with Crippen LogP contribution in [0.3, 0.4) is 0 Å². The summed E-state index contributed by atoms with van der Waals surface area (Å²) in [6.45, 7) is 0.164. The Bertz CT molecular complexity index is 1120. The summed E-state index contributed by atoms with van der Waals surface area (Å²) in [6.07, 6.45) is 1.93. The van der Waals surface area contributed by atoms with Crippen LogP contribution < -0.4 is 21.9 Å². The molecular weight excluding hydrogens is 372 g/mol. The number of para-hydroxylation sites is 1. The minimum Gasteiger partial charge on any atom is -0.352 e.